The van der Waals surface area contributed by atoms with Crippen LogP contribution in [0.2, 0.25) is 0 Å². The molecule has 4 rings (SSSR count). The Morgan fingerprint density at radius 3 is 2.30 bits per heavy atom. The number of alkyl carbamates (subject to hydrolysis) is 1. The minimum atomic E-state index is -0.663. The molecule has 2 amide bonds. The van der Waals surface area contributed by atoms with Gasteiger partial charge in [0.1, 0.15) is 23.1 Å². The van der Waals surface area contributed by atoms with Gasteiger partial charge >= 0.3 is 6.09 Å². The fourth-order valence-corrected chi connectivity index (χ4v) is 4.72. The average molecular weight is 596 g/mol. The summed E-state index contributed by atoms with van der Waals surface area (Å²) in [6, 6.07) is 13.1. The Hall–Kier alpha value is -4.45. The number of nitrogens with two attached hydrogens (primary N) is 1. The number of aromatic nitrogens is 1. The predicted octanol–water partition coefficient (Wildman–Crippen LogP) is 4.39. The molecule has 3 aromatic rings. The van der Waals surface area contributed by atoms with E-state index in [0.717, 1.165) is 50.2 Å². The molecule has 5 N–H and O–H groups in total. The minimum absolute atomic E-state index is 0.0324. The Balaban J connectivity index is 1.31. The van der Waals surface area contributed by atoms with Crippen molar-refractivity contribution < 1.29 is 23.1 Å². The number of ether oxygens (including phenoxy) is 1. The van der Waals surface area contributed by atoms with E-state index in [2.05, 4.69) is 30.7 Å². The number of anilines is 4. The molecular weight excluding hydrogens is 556 g/mol. The first-order chi connectivity index (χ1) is 20.4. The van der Waals surface area contributed by atoms with Gasteiger partial charge in [0.05, 0.1) is 6.42 Å². The zero-order valence-electron chi connectivity index (χ0n) is 24.8. The van der Waals surface area contributed by atoms with Gasteiger partial charge in [0.25, 0.3) is 0 Å². The Labute approximate surface area is 250 Å². The van der Waals surface area contributed by atoms with E-state index in [1.54, 1.807) is 12.3 Å². The first-order valence-electron chi connectivity index (χ1n) is 14.2. The van der Waals surface area contributed by atoms with Gasteiger partial charge in [0.15, 0.2) is 0 Å². The van der Waals surface area contributed by atoms with E-state index in [-0.39, 0.29) is 13.0 Å². The summed E-state index contributed by atoms with van der Waals surface area (Å²) < 4.78 is 32.5. The van der Waals surface area contributed by atoms with Crippen molar-refractivity contribution in [2.24, 2.45) is 5.73 Å². The van der Waals surface area contributed by atoms with E-state index < -0.39 is 29.2 Å². The Morgan fingerprint density at radius 1 is 1.00 bits per heavy atom. The van der Waals surface area contributed by atoms with Crippen molar-refractivity contribution in [2.75, 3.05) is 54.8 Å². The number of primary amides is 1. The molecule has 2 aromatic carbocycles. The van der Waals surface area contributed by atoms with E-state index in [0.29, 0.717) is 29.2 Å². The largest absolute Gasteiger partial charge is 0.444 e. The number of carbonyl (C=O) groups excluding carboxylic acids is 2. The summed E-state index contributed by atoms with van der Waals surface area (Å²) in [5, 5.41) is 9.21. The molecule has 12 heteroatoms. The number of nitrogens with zero attached hydrogens (tertiary/aromatic N) is 3. The van der Waals surface area contributed by atoms with Crippen LogP contribution in [0.25, 0.3) is 0 Å². The highest BCUT2D eigenvalue weighted by molar-refractivity contribution is 5.79. The first kappa shape index (κ1) is 31.5. The average Bonchev–Trinajstić information content (AvgIpc) is 2.92. The van der Waals surface area contributed by atoms with Crippen molar-refractivity contribution in [3.05, 3.63) is 77.5 Å². The molecule has 1 aliphatic rings. The van der Waals surface area contributed by atoms with Gasteiger partial charge in [-0.3, -0.25) is 9.69 Å². The topological polar surface area (TPSA) is 125 Å². The van der Waals surface area contributed by atoms with Gasteiger partial charge in [-0.2, -0.15) is 0 Å². The van der Waals surface area contributed by atoms with Crippen LogP contribution in [-0.4, -0.2) is 66.8 Å². The van der Waals surface area contributed by atoms with Crippen LogP contribution in [0.1, 0.15) is 31.9 Å². The van der Waals surface area contributed by atoms with Crippen LogP contribution in [-0.2, 0) is 22.5 Å². The Morgan fingerprint density at radius 2 is 1.67 bits per heavy atom. The third-order valence-corrected chi connectivity index (χ3v) is 6.73. The number of rotatable bonds is 11. The molecule has 1 aliphatic heterocycles. The van der Waals surface area contributed by atoms with Gasteiger partial charge in [0.2, 0.25) is 5.91 Å². The van der Waals surface area contributed by atoms with Crippen LogP contribution in [0, 0.1) is 11.6 Å². The second-order valence-electron chi connectivity index (χ2n) is 11.4. The lowest BCUT2D eigenvalue weighted by Gasteiger charge is -2.36. The Kier molecular flexibility index (Phi) is 10.4. The first-order valence-corrected chi connectivity index (χ1v) is 14.2. The van der Waals surface area contributed by atoms with Crippen LogP contribution in [0.3, 0.4) is 0 Å². The van der Waals surface area contributed by atoms with Crippen molar-refractivity contribution >= 4 is 34.9 Å². The lowest BCUT2D eigenvalue weighted by molar-refractivity contribution is -0.117. The van der Waals surface area contributed by atoms with E-state index in [9.17, 15) is 18.4 Å². The molecule has 0 radical (unpaired) electrons. The molecule has 0 unspecified atom stereocenters. The number of amides is 2. The standard InChI is InChI=1S/C31H39F2N7O3/c1-31(2,3)43-30(42)35-8-9-39-10-12-40(13-11-39)26-6-4-25(5-7-26)38-29-18-27(22(20-37-29)16-28(34)41)36-19-21-14-23(32)17-24(33)15-21/h4-7,14-15,17-18,20H,8-13,16,19H2,1-3H3,(H2,34,41)(H,35,42)(H2,36,37,38). The molecule has 10 nitrogen and oxygen atoms in total. The molecule has 0 aliphatic carbocycles. The van der Waals surface area contributed by atoms with E-state index >= 15 is 0 Å². The SMILES string of the molecule is CC(C)(C)OC(=O)NCCN1CCN(c2ccc(Nc3cc(NCc4cc(F)cc(F)c4)c(CC(N)=O)cn3)cc2)CC1. The fourth-order valence-electron chi connectivity index (χ4n) is 4.72. The fraction of sp³-hybridized carbons (Fsp3) is 0.387. The summed E-state index contributed by atoms with van der Waals surface area (Å²) >= 11 is 0. The van der Waals surface area contributed by atoms with Crippen LogP contribution in [0.4, 0.5) is 36.5 Å². The minimum Gasteiger partial charge on any atom is -0.444 e. The van der Waals surface area contributed by atoms with Crippen molar-refractivity contribution in [3.63, 3.8) is 0 Å². The molecule has 230 valence electrons. The maximum atomic E-state index is 13.6. The maximum absolute atomic E-state index is 13.6. The lowest BCUT2D eigenvalue weighted by Crippen LogP contribution is -2.48. The second kappa shape index (κ2) is 14.1. The summed E-state index contributed by atoms with van der Waals surface area (Å²) in [4.78, 5) is 32.5. The van der Waals surface area contributed by atoms with Crippen LogP contribution in [0.15, 0.2) is 54.7 Å². The number of hydrogen-bond acceptors (Lipinski definition) is 8. The summed E-state index contributed by atoms with van der Waals surface area (Å²) in [5.41, 5.74) is 8.39. The monoisotopic (exact) mass is 595 g/mol. The number of piperazine rings is 1. The van der Waals surface area contributed by atoms with Crippen LogP contribution < -0.4 is 26.6 Å². The summed E-state index contributed by atoms with van der Waals surface area (Å²) in [7, 11) is 0. The number of carbonyl (C=O) groups is 2. The van der Waals surface area contributed by atoms with Gasteiger partial charge in [-0.05, 0) is 62.7 Å². The van der Waals surface area contributed by atoms with E-state index in [1.807, 2.05) is 45.0 Å². The third kappa shape index (κ3) is 10.1. The molecule has 1 fully saturated rings. The molecule has 43 heavy (non-hydrogen) atoms. The van der Waals surface area contributed by atoms with Gasteiger partial charge in [-0.15, -0.1) is 0 Å². The van der Waals surface area contributed by atoms with Crippen molar-refractivity contribution in [1.29, 1.82) is 0 Å². The highest BCUT2D eigenvalue weighted by Gasteiger charge is 2.19. The van der Waals surface area contributed by atoms with Crippen molar-refractivity contribution in [1.82, 2.24) is 15.2 Å². The summed E-state index contributed by atoms with van der Waals surface area (Å²) in [5.74, 6) is -1.31. The van der Waals surface area contributed by atoms with Crippen molar-refractivity contribution in [3.8, 4) is 0 Å². The van der Waals surface area contributed by atoms with Crippen LogP contribution in [0.5, 0.6) is 0 Å². The Bertz CT molecular complexity index is 1390. The highest BCUT2D eigenvalue weighted by atomic mass is 19.1. The lowest BCUT2D eigenvalue weighted by atomic mass is 10.1. The molecule has 1 saturated heterocycles. The smallest absolute Gasteiger partial charge is 0.407 e. The maximum Gasteiger partial charge on any atom is 0.407 e. The molecule has 0 spiro atoms. The van der Waals surface area contributed by atoms with Gasteiger partial charge in [-0.1, -0.05) is 0 Å². The number of benzene rings is 2. The molecule has 0 bridgehead atoms. The summed E-state index contributed by atoms with van der Waals surface area (Å²) in [6.07, 6.45) is 1.12. The van der Waals surface area contributed by atoms with Gasteiger partial charge in [-0.25, -0.2) is 18.6 Å². The van der Waals surface area contributed by atoms with E-state index in [1.165, 1.54) is 12.1 Å². The number of pyridine rings is 1. The second-order valence-corrected chi connectivity index (χ2v) is 11.4. The number of halogens is 2. The van der Waals surface area contributed by atoms with Crippen molar-refractivity contribution in [2.45, 2.75) is 39.3 Å². The van der Waals surface area contributed by atoms with Gasteiger partial charge < -0.3 is 31.3 Å². The highest BCUT2D eigenvalue weighted by Crippen LogP contribution is 2.25. The molecular formula is C31H39F2N7O3. The quantitative estimate of drug-likeness (QED) is 0.257. The molecule has 1 aromatic heterocycles. The number of hydrogen-bond donors (Lipinski definition) is 4. The predicted molar refractivity (Wildman–Crippen MR) is 163 cm³/mol. The normalized spacial score (nSPS) is 13.8. The zero-order valence-corrected chi connectivity index (χ0v) is 24.8. The third-order valence-electron chi connectivity index (χ3n) is 6.73. The van der Waals surface area contributed by atoms with Gasteiger partial charge in [0, 0.05) is 86.8 Å². The van der Waals surface area contributed by atoms with Crippen LogP contribution >= 0.6 is 0 Å². The van der Waals surface area contributed by atoms with E-state index in [4.69, 9.17) is 10.5 Å². The molecule has 0 saturated carbocycles. The summed E-state index contributed by atoms with van der Waals surface area (Å²) in [6.45, 7) is 10.5. The number of nitrogens with one attached hydrogen (secondary N) is 3. The molecule has 0 atom stereocenters. The molecule has 2 heterocycles. The zero-order chi connectivity index (χ0) is 31.0.